The molecule has 0 radical (unpaired) electrons. The fraction of sp³-hybridized carbons (Fsp3) is 0.429. The number of pyridine rings is 1. The van der Waals surface area contributed by atoms with Gasteiger partial charge in [-0.3, -0.25) is 0 Å². The summed E-state index contributed by atoms with van der Waals surface area (Å²) in [7, 11) is 0. The van der Waals surface area contributed by atoms with Crippen LogP contribution in [-0.2, 0) is 13.0 Å². The smallest absolute Gasteiger partial charge is 0.162 e. The quantitative estimate of drug-likeness (QED) is 0.726. The number of aryl methyl sites for hydroxylation is 2. The number of aromatic nitrogens is 3. The van der Waals surface area contributed by atoms with Crippen LogP contribution in [0.5, 0.6) is 0 Å². The molecular formula is C21H26ClN5. The van der Waals surface area contributed by atoms with E-state index in [4.69, 9.17) is 21.6 Å². The van der Waals surface area contributed by atoms with E-state index in [0.29, 0.717) is 5.92 Å². The Morgan fingerprint density at radius 2 is 2.00 bits per heavy atom. The lowest BCUT2D eigenvalue weighted by Crippen LogP contribution is -2.43. The lowest BCUT2D eigenvalue weighted by atomic mass is 10.1. The summed E-state index contributed by atoms with van der Waals surface area (Å²) in [5.41, 5.74) is 4.44. The number of benzene rings is 1. The molecule has 1 saturated heterocycles. The van der Waals surface area contributed by atoms with Crippen molar-refractivity contribution in [3.8, 4) is 0 Å². The number of rotatable bonds is 5. The van der Waals surface area contributed by atoms with Gasteiger partial charge in [0.25, 0.3) is 0 Å². The van der Waals surface area contributed by atoms with Crippen LogP contribution in [0.2, 0.25) is 5.02 Å². The minimum Gasteiger partial charge on any atom is -0.367 e. The molecule has 1 aliphatic rings. The molecule has 0 aliphatic carbocycles. The van der Waals surface area contributed by atoms with Crippen LogP contribution in [0.25, 0.3) is 11.2 Å². The van der Waals surface area contributed by atoms with Gasteiger partial charge in [-0.15, -0.1) is 0 Å². The average Bonchev–Trinajstić information content (AvgIpc) is 3.06. The van der Waals surface area contributed by atoms with Gasteiger partial charge in [0.1, 0.15) is 11.3 Å². The molecule has 2 aromatic heterocycles. The topological polar surface area (TPSA) is 46.0 Å². The summed E-state index contributed by atoms with van der Waals surface area (Å²) in [6, 6.07) is 10.2. The monoisotopic (exact) mass is 383 g/mol. The molecule has 0 atom stereocenters. The molecule has 0 unspecified atom stereocenters. The van der Waals surface area contributed by atoms with Gasteiger partial charge in [0.2, 0.25) is 0 Å². The van der Waals surface area contributed by atoms with E-state index in [0.717, 1.165) is 61.2 Å². The van der Waals surface area contributed by atoms with Crippen LogP contribution >= 0.6 is 11.6 Å². The van der Waals surface area contributed by atoms with Crippen LogP contribution in [0.3, 0.4) is 0 Å². The fourth-order valence-electron chi connectivity index (χ4n) is 3.78. The number of hydrogen-bond acceptors (Lipinski definition) is 4. The van der Waals surface area contributed by atoms with E-state index in [1.165, 1.54) is 11.3 Å². The number of nitrogens with one attached hydrogen (secondary N) is 1. The Morgan fingerprint density at radius 3 is 2.74 bits per heavy atom. The van der Waals surface area contributed by atoms with E-state index in [-0.39, 0.29) is 0 Å². The third-order valence-corrected chi connectivity index (χ3v) is 5.36. The van der Waals surface area contributed by atoms with Gasteiger partial charge in [-0.1, -0.05) is 37.6 Å². The average molecular weight is 384 g/mol. The molecule has 0 amide bonds. The van der Waals surface area contributed by atoms with Crippen molar-refractivity contribution in [2.75, 3.05) is 31.1 Å². The third-order valence-electron chi connectivity index (χ3n) is 5.13. The highest BCUT2D eigenvalue weighted by molar-refractivity contribution is 6.30. The van der Waals surface area contributed by atoms with Gasteiger partial charge >= 0.3 is 0 Å². The maximum atomic E-state index is 6.15. The highest BCUT2D eigenvalue weighted by Gasteiger charge is 2.20. The van der Waals surface area contributed by atoms with E-state index < -0.39 is 0 Å². The van der Waals surface area contributed by atoms with Gasteiger partial charge in [0.15, 0.2) is 5.65 Å². The first-order valence-corrected chi connectivity index (χ1v) is 10.1. The van der Waals surface area contributed by atoms with Crippen molar-refractivity contribution < 1.29 is 0 Å². The van der Waals surface area contributed by atoms with Crippen molar-refractivity contribution in [3.63, 3.8) is 0 Å². The summed E-state index contributed by atoms with van der Waals surface area (Å²) < 4.78 is 2.28. The maximum Gasteiger partial charge on any atom is 0.162 e. The molecular weight excluding hydrogens is 358 g/mol. The first kappa shape index (κ1) is 18.3. The molecule has 1 N–H and O–H groups in total. The summed E-state index contributed by atoms with van der Waals surface area (Å²) in [5, 5.41) is 4.20. The van der Waals surface area contributed by atoms with Gasteiger partial charge in [0.05, 0.1) is 5.69 Å². The second kappa shape index (κ2) is 7.87. The second-order valence-electron chi connectivity index (χ2n) is 7.40. The van der Waals surface area contributed by atoms with E-state index >= 15 is 0 Å². The van der Waals surface area contributed by atoms with Crippen molar-refractivity contribution in [3.05, 3.63) is 52.9 Å². The number of nitrogens with zero attached hydrogens (tertiary/aromatic N) is 4. The Hall–Kier alpha value is -2.11. The van der Waals surface area contributed by atoms with Crippen LogP contribution < -0.4 is 10.2 Å². The summed E-state index contributed by atoms with van der Waals surface area (Å²) in [5.74, 6) is 1.44. The standard InChI is InChI=1S/C21H26ClN5/c1-15(2)20-25-19-18(26-12-9-23-10-13-26)6-8-24-21(19)27(20)11-7-16-4-3-5-17(22)14-16/h3-6,8,14-15,23H,7,9-13H2,1-2H3. The zero-order chi connectivity index (χ0) is 18.8. The lowest BCUT2D eigenvalue weighted by molar-refractivity contribution is 0.590. The number of anilines is 1. The van der Waals surface area contributed by atoms with Crippen molar-refractivity contribution in [2.24, 2.45) is 0 Å². The van der Waals surface area contributed by atoms with E-state index in [1.807, 2.05) is 24.4 Å². The van der Waals surface area contributed by atoms with Gasteiger partial charge in [-0.05, 0) is 30.2 Å². The molecule has 27 heavy (non-hydrogen) atoms. The van der Waals surface area contributed by atoms with Crippen molar-refractivity contribution in [2.45, 2.75) is 32.7 Å². The normalized spacial score (nSPS) is 15.0. The molecule has 5 nitrogen and oxygen atoms in total. The number of piperazine rings is 1. The summed E-state index contributed by atoms with van der Waals surface area (Å²) in [4.78, 5) is 12.1. The molecule has 142 valence electrons. The largest absolute Gasteiger partial charge is 0.367 e. The van der Waals surface area contributed by atoms with E-state index in [9.17, 15) is 0 Å². The summed E-state index contributed by atoms with van der Waals surface area (Å²) in [6.07, 6.45) is 2.83. The van der Waals surface area contributed by atoms with Crippen molar-refractivity contribution in [1.82, 2.24) is 19.9 Å². The minimum atomic E-state index is 0.342. The second-order valence-corrected chi connectivity index (χ2v) is 7.83. The Labute approximate surface area is 165 Å². The van der Waals surface area contributed by atoms with Crippen LogP contribution in [0.15, 0.2) is 36.5 Å². The number of halogens is 1. The predicted octanol–water partition coefficient (Wildman–Crippen LogP) is 3.86. The summed E-state index contributed by atoms with van der Waals surface area (Å²) in [6.45, 7) is 9.27. The molecule has 1 aromatic carbocycles. The molecule has 3 heterocycles. The van der Waals surface area contributed by atoms with Gasteiger partial charge in [-0.2, -0.15) is 0 Å². The SMILES string of the molecule is CC(C)c1nc2c(N3CCNCC3)ccnc2n1CCc1cccc(Cl)c1. The molecule has 0 bridgehead atoms. The number of hydrogen-bond donors (Lipinski definition) is 1. The first-order chi connectivity index (χ1) is 13.1. The molecule has 1 aliphatic heterocycles. The molecule has 0 saturated carbocycles. The van der Waals surface area contributed by atoms with Crippen molar-refractivity contribution in [1.29, 1.82) is 0 Å². The predicted molar refractivity (Wildman–Crippen MR) is 112 cm³/mol. The Morgan fingerprint density at radius 1 is 1.19 bits per heavy atom. The lowest BCUT2D eigenvalue weighted by Gasteiger charge is -2.29. The molecule has 0 spiro atoms. The van der Waals surface area contributed by atoms with Crippen molar-refractivity contribution >= 4 is 28.5 Å². The Balaban J connectivity index is 1.71. The molecule has 1 fully saturated rings. The summed E-state index contributed by atoms with van der Waals surface area (Å²) >= 11 is 6.15. The zero-order valence-electron chi connectivity index (χ0n) is 16.0. The third kappa shape index (κ3) is 3.80. The van der Waals surface area contributed by atoms with Crippen LogP contribution in [0.4, 0.5) is 5.69 Å². The van der Waals surface area contributed by atoms with Gasteiger partial charge in [-0.25, -0.2) is 9.97 Å². The van der Waals surface area contributed by atoms with Crippen LogP contribution in [-0.4, -0.2) is 40.7 Å². The minimum absolute atomic E-state index is 0.342. The van der Waals surface area contributed by atoms with E-state index in [2.05, 4.69) is 40.8 Å². The maximum absolute atomic E-state index is 6.15. The van der Waals surface area contributed by atoms with Gasteiger partial charge in [0, 0.05) is 49.9 Å². The highest BCUT2D eigenvalue weighted by atomic mass is 35.5. The zero-order valence-corrected chi connectivity index (χ0v) is 16.7. The first-order valence-electron chi connectivity index (χ1n) is 9.68. The Kier molecular flexibility index (Phi) is 5.32. The molecule has 4 rings (SSSR count). The Bertz CT molecular complexity index is 927. The van der Waals surface area contributed by atoms with Crippen LogP contribution in [0, 0.1) is 0 Å². The highest BCUT2D eigenvalue weighted by Crippen LogP contribution is 2.29. The molecule has 6 heteroatoms. The molecule has 3 aromatic rings. The number of imidazole rings is 1. The van der Waals surface area contributed by atoms with Crippen LogP contribution in [0.1, 0.15) is 31.2 Å². The number of fused-ring (bicyclic) bond motifs is 1. The fourth-order valence-corrected chi connectivity index (χ4v) is 3.99. The van der Waals surface area contributed by atoms with E-state index in [1.54, 1.807) is 0 Å². The van der Waals surface area contributed by atoms with Gasteiger partial charge < -0.3 is 14.8 Å².